The molecule has 0 bridgehead atoms. The Morgan fingerprint density at radius 3 is 2.71 bits per heavy atom. The van der Waals surface area contributed by atoms with Crippen LogP contribution in [0.1, 0.15) is 4.88 Å². The van der Waals surface area contributed by atoms with Crippen molar-refractivity contribution < 1.29 is 8.42 Å². The van der Waals surface area contributed by atoms with Gasteiger partial charge in [0.1, 0.15) is 0 Å². The summed E-state index contributed by atoms with van der Waals surface area (Å²) in [7, 11) is -3.38. The highest BCUT2D eigenvalue weighted by Gasteiger charge is 2.19. The standard InChI is InChI=1S/C11H10BrNO2S2/c12-8-3-4-10(13)11(6-8)17(14,15)7-9-2-1-5-16-9/h1-6H,7,13H2. The zero-order valence-corrected chi connectivity index (χ0v) is 12.0. The van der Waals surface area contributed by atoms with Crippen molar-refractivity contribution in [1.82, 2.24) is 0 Å². The molecule has 90 valence electrons. The zero-order valence-electron chi connectivity index (χ0n) is 8.76. The lowest BCUT2D eigenvalue weighted by atomic mass is 10.3. The fraction of sp³-hybridized carbons (Fsp3) is 0.0909. The maximum atomic E-state index is 12.2. The summed E-state index contributed by atoms with van der Waals surface area (Å²) in [6, 6.07) is 8.49. The Bertz CT molecular complexity index is 621. The molecule has 2 aromatic rings. The number of nitrogen functional groups attached to an aromatic ring is 1. The van der Waals surface area contributed by atoms with E-state index in [0.717, 1.165) is 4.88 Å². The van der Waals surface area contributed by atoms with Crippen LogP contribution in [0.25, 0.3) is 0 Å². The molecule has 0 fully saturated rings. The fourth-order valence-electron chi connectivity index (χ4n) is 1.44. The van der Waals surface area contributed by atoms with Crippen molar-refractivity contribution >= 4 is 42.8 Å². The topological polar surface area (TPSA) is 60.2 Å². The van der Waals surface area contributed by atoms with Gasteiger partial charge in [-0.25, -0.2) is 8.42 Å². The molecule has 2 N–H and O–H groups in total. The van der Waals surface area contributed by atoms with Crippen molar-refractivity contribution in [3.63, 3.8) is 0 Å². The molecule has 0 saturated heterocycles. The number of benzene rings is 1. The largest absolute Gasteiger partial charge is 0.398 e. The molecule has 0 aliphatic rings. The first-order valence-electron chi connectivity index (χ1n) is 4.79. The predicted octanol–water partition coefficient (Wildman–Crippen LogP) is 3.07. The Kier molecular flexibility index (Phi) is 3.56. The molecule has 0 aliphatic carbocycles. The van der Waals surface area contributed by atoms with Gasteiger partial charge in [0, 0.05) is 9.35 Å². The molecule has 0 spiro atoms. The van der Waals surface area contributed by atoms with Gasteiger partial charge in [0.2, 0.25) is 0 Å². The molecule has 1 heterocycles. The monoisotopic (exact) mass is 331 g/mol. The van der Waals surface area contributed by atoms with E-state index in [1.165, 1.54) is 17.4 Å². The number of anilines is 1. The second-order valence-electron chi connectivity index (χ2n) is 3.52. The van der Waals surface area contributed by atoms with Gasteiger partial charge in [0.05, 0.1) is 16.3 Å². The first kappa shape index (κ1) is 12.6. The van der Waals surface area contributed by atoms with Gasteiger partial charge in [0.25, 0.3) is 0 Å². The third kappa shape index (κ3) is 2.88. The third-order valence-electron chi connectivity index (χ3n) is 2.22. The smallest absolute Gasteiger partial charge is 0.185 e. The lowest BCUT2D eigenvalue weighted by Gasteiger charge is -2.06. The number of halogens is 1. The van der Waals surface area contributed by atoms with E-state index in [1.54, 1.807) is 18.2 Å². The van der Waals surface area contributed by atoms with E-state index in [-0.39, 0.29) is 16.3 Å². The van der Waals surface area contributed by atoms with Crippen LogP contribution >= 0.6 is 27.3 Å². The SMILES string of the molecule is Nc1ccc(Br)cc1S(=O)(=O)Cc1cccs1. The molecule has 0 aliphatic heterocycles. The van der Waals surface area contributed by atoms with Crippen molar-refractivity contribution in [2.45, 2.75) is 10.6 Å². The van der Waals surface area contributed by atoms with Gasteiger partial charge in [0.15, 0.2) is 9.84 Å². The van der Waals surface area contributed by atoms with Crippen LogP contribution in [0.2, 0.25) is 0 Å². The van der Waals surface area contributed by atoms with Crippen LogP contribution in [-0.4, -0.2) is 8.42 Å². The average molecular weight is 332 g/mol. The summed E-state index contributed by atoms with van der Waals surface area (Å²) in [5, 5.41) is 1.86. The van der Waals surface area contributed by atoms with E-state index < -0.39 is 9.84 Å². The summed E-state index contributed by atoms with van der Waals surface area (Å²) >= 11 is 4.67. The van der Waals surface area contributed by atoms with Crippen molar-refractivity contribution in [2.75, 3.05) is 5.73 Å². The van der Waals surface area contributed by atoms with E-state index in [9.17, 15) is 8.42 Å². The van der Waals surface area contributed by atoms with E-state index in [1.807, 2.05) is 11.4 Å². The van der Waals surface area contributed by atoms with Crippen molar-refractivity contribution in [3.8, 4) is 0 Å². The van der Waals surface area contributed by atoms with Crippen LogP contribution in [0.15, 0.2) is 45.1 Å². The van der Waals surface area contributed by atoms with Gasteiger partial charge in [-0.15, -0.1) is 11.3 Å². The first-order valence-corrected chi connectivity index (χ1v) is 8.12. The number of hydrogen-bond donors (Lipinski definition) is 1. The Hall–Kier alpha value is -0.850. The first-order chi connectivity index (χ1) is 7.99. The van der Waals surface area contributed by atoms with E-state index in [0.29, 0.717) is 4.47 Å². The number of rotatable bonds is 3. The van der Waals surface area contributed by atoms with Gasteiger partial charge in [-0.2, -0.15) is 0 Å². The molecule has 0 radical (unpaired) electrons. The van der Waals surface area contributed by atoms with Crippen molar-refractivity contribution in [3.05, 3.63) is 45.1 Å². The molecule has 17 heavy (non-hydrogen) atoms. The molecular weight excluding hydrogens is 322 g/mol. The third-order valence-corrected chi connectivity index (χ3v) is 5.49. The molecule has 3 nitrogen and oxygen atoms in total. The van der Waals surface area contributed by atoms with Crippen molar-refractivity contribution in [2.24, 2.45) is 0 Å². The molecule has 0 atom stereocenters. The number of hydrogen-bond acceptors (Lipinski definition) is 4. The van der Waals surface area contributed by atoms with Crippen LogP contribution in [0.3, 0.4) is 0 Å². The lowest BCUT2D eigenvalue weighted by Crippen LogP contribution is -2.07. The van der Waals surface area contributed by atoms with Crippen LogP contribution in [0.4, 0.5) is 5.69 Å². The fourth-order valence-corrected chi connectivity index (χ4v) is 4.54. The summed E-state index contributed by atoms with van der Waals surface area (Å²) in [5.74, 6) is -0.00861. The predicted molar refractivity (Wildman–Crippen MR) is 73.8 cm³/mol. The molecule has 0 saturated carbocycles. The average Bonchev–Trinajstić information content (AvgIpc) is 2.73. The normalized spacial score (nSPS) is 11.6. The molecule has 0 amide bonds. The van der Waals surface area contributed by atoms with E-state index in [4.69, 9.17) is 5.73 Å². The minimum absolute atomic E-state index is 0.00861. The lowest BCUT2D eigenvalue weighted by molar-refractivity contribution is 0.596. The van der Waals surface area contributed by atoms with Gasteiger partial charge < -0.3 is 5.73 Å². The summed E-state index contributed by atoms with van der Waals surface area (Å²) < 4.78 is 25.1. The molecule has 1 aromatic heterocycles. The van der Waals surface area contributed by atoms with Gasteiger partial charge >= 0.3 is 0 Å². The van der Waals surface area contributed by atoms with Crippen LogP contribution in [0, 0.1) is 0 Å². The highest BCUT2D eigenvalue weighted by Crippen LogP contribution is 2.27. The Balaban J connectivity index is 2.41. The molecule has 1 aromatic carbocycles. The summed E-state index contributed by atoms with van der Waals surface area (Å²) in [6.07, 6.45) is 0. The maximum absolute atomic E-state index is 12.2. The van der Waals surface area contributed by atoms with E-state index in [2.05, 4.69) is 15.9 Å². The minimum atomic E-state index is -3.38. The number of sulfone groups is 1. The van der Waals surface area contributed by atoms with Crippen LogP contribution in [0.5, 0.6) is 0 Å². The Morgan fingerprint density at radius 1 is 1.29 bits per heavy atom. The number of thiophene rings is 1. The highest BCUT2D eigenvalue weighted by atomic mass is 79.9. The second kappa shape index (κ2) is 4.80. The molecule has 2 rings (SSSR count). The molecule has 6 heteroatoms. The molecule has 0 unspecified atom stereocenters. The van der Waals surface area contributed by atoms with Crippen LogP contribution in [-0.2, 0) is 15.6 Å². The van der Waals surface area contributed by atoms with Gasteiger partial charge in [-0.05, 0) is 29.6 Å². The summed E-state index contributed by atoms with van der Waals surface area (Å²) in [5.41, 5.74) is 5.99. The van der Waals surface area contributed by atoms with Gasteiger partial charge in [-0.3, -0.25) is 0 Å². The Labute approximate surface area is 112 Å². The zero-order chi connectivity index (χ0) is 12.5. The van der Waals surface area contributed by atoms with Gasteiger partial charge in [-0.1, -0.05) is 22.0 Å². The van der Waals surface area contributed by atoms with E-state index >= 15 is 0 Å². The minimum Gasteiger partial charge on any atom is -0.398 e. The summed E-state index contributed by atoms with van der Waals surface area (Å²) in [6.45, 7) is 0. The highest BCUT2D eigenvalue weighted by molar-refractivity contribution is 9.10. The van der Waals surface area contributed by atoms with Crippen molar-refractivity contribution in [1.29, 1.82) is 0 Å². The Morgan fingerprint density at radius 2 is 2.06 bits per heavy atom. The maximum Gasteiger partial charge on any atom is 0.185 e. The molecular formula is C11H10BrNO2S2. The van der Waals surface area contributed by atoms with Crippen LogP contribution < -0.4 is 5.73 Å². The second-order valence-corrected chi connectivity index (χ2v) is 7.43. The summed E-state index contributed by atoms with van der Waals surface area (Å²) in [4.78, 5) is 0.990. The quantitative estimate of drug-likeness (QED) is 0.879. The number of nitrogens with two attached hydrogens (primary N) is 1.